The van der Waals surface area contributed by atoms with Crippen molar-refractivity contribution in [2.75, 3.05) is 32.9 Å². The van der Waals surface area contributed by atoms with E-state index in [1.165, 1.54) is 4.88 Å². The van der Waals surface area contributed by atoms with Crippen LogP contribution < -0.4 is 10.6 Å². The number of aliphatic imine (C=N–C) groups is 1. The molecule has 0 bridgehead atoms. The number of nitrogens with zero attached hydrogens (tertiary/aromatic N) is 2. The predicted molar refractivity (Wildman–Crippen MR) is 109 cm³/mol. The van der Waals surface area contributed by atoms with Crippen LogP contribution in [0.1, 0.15) is 35.3 Å². The highest BCUT2D eigenvalue weighted by molar-refractivity contribution is 14.0. The molecule has 1 unspecified atom stereocenters. The molecular formula is C16H29IN4O2S. The lowest BCUT2D eigenvalue weighted by molar-refractivity contribution is 0.127. The van der Waals surface area contributed by atoms with Crippen LogP contribution in [0.25, 0.3) is 0 Å². The van der Waals surface area contributed by atoms with E-state index in [-0.39, 0.29) is 36.0 Å². The van der Waals surface area contributed by atoms with Crippen molar-refractivity contribution in [3.05, 3.63) is 15.6 Å². The van der Waals surface area contributed by atoms with Gasteiger partial charge in [-0.2, -0.15) is 0 Å². The SMILES string of the molecule is CCNC(=NCc1sc(C)nc1C)NCC1(CCO)CCOC1.I. The van der Waals surface area contributed by atoms with E-state index in [0.717, 1.165) is 49.2 Å². The van der Waals surface area contributed by atoms with Gasteiger partial charge in [0.25, 0.3) is 0 Å². The van der Waals surface area contributed by atoms with Crippen LogP contribution in [0.4, 0.5) is 0 Å². The summed E-state index contributed by atoms with van der Waals surface area (Å²) >= 11 is 1.70. The van der Waals surface area contributed by atoms with Crippen molar-refractivity contribution in [1.82, 2.24) is 15.6 Å². The van der Waals surface area contributed by atoms with Gasteiger partial charge in [-0.15, -0.1) is 35.3 Å². The molecule has 1 fully saturated rings. The second kappa shape index (κ2) is 10.5. The number of aliphatic hydroxyl groups excluding tert-OH is 1. The first-order valence-electron chi connectivity index (χ1n) is 8.22. The third-order valence-corrected chi connectivity index (χ3v) is 5.24. The Hall–Kier alpha value is -0.450. The molecule has 0 saturated carbocycles. The minimum atomic E-state index is 0. The van der Waals surface area contributed by atoms with Gasteiger partial charge in [0.1, 0.15) is 0 Å². The van der Waals surface area contributed by atoms with Gasteiger partial charge in [0, 0.05) is 36.6 Å². The maximum Gasteiger partial charge on any atom is 0.191 e. The van der Waals surface area contributed by atoms with Crippen LogP contribution in [0, 0.1) is 19.3 Å². The maximum atomic E-state index is 9.31. The number of hydrogen-bond donors (Lipinski definition) is 3. The Balaban J connectivity index is 0.00000288. The maximum absolute atomic E-state index is 9.31. The summed E-state index contributed by atoms with van der Waals surface area (Å²) in [6.07, 6.45) is 1.74. The number of ether oxygens (including phenoxy) is 1. The van der Waals surface area contributed by atoms with E-state index in [2.05, 4.69) is 27.5 Å². The van der Waals surface area contributed by atoms with E-state index in [4.69, 9.17) is 4.74 Å². The Morgan fingerprint density at radius 3 is 2.75 bits per heavy atom. The second-order valence-electron chi connectivity index (χ2n) is 6.07. The second-order valence-corrected chi connectivity index (χ2v) is 7.35. The molecule has 0 amide bonds. The van der Waals surface area contributed by atoms with Gasteiger partial charge in [-0.1, -0.05) is 0 Å². The molecular weight excluding hydrogens is 439 g/mol. The third kappa shape index (κ3) is 6.12. The first-order valence-corrected chi connectivity index (χ1v) is 9.04. The fourth-order valence-electron chi connectivity index (χ4n) is 2.80. The molecule has 1 aromatic rings. The highest BCUT2D eigenvalue weighted by Gasteiger charge is 2.34. The Morgan fingerprint density at radius 1 is 1.42 bits per heavy atom. The van der Waals surface area contributed by atoms with Crippen molar-refractivity contribution < 1.29 is 9.84 Å². The molecule has 0 radical (unpaired) electrons. The average Bonchev–Trinajstić information content (AvgIpc) is 3.10. The molecule has 1 aromatic heterocycles. The molecule has 1 aliphatic heterocycles. The summed E-state index contributed by atoms with van der Waals surface area (Å²) in [5, 5.41) is 17.1. The number of rotatable bonds is 7. The smallest absolute Gasteiger partial charge is 0.191 e. The zero-order valence-electron chi connectivity index (χ0n) is 14.7. The van der Waals surface area contributed by atoms with Crippen LogP contribution in [0.2, 0.25) is 0 Å². The van der Waals surface area contributed by atoms with Crippen molar-refractivity contribution in [2.45, 2.75) is 40.2 Å². The van der Waals surface area contributed by atoms with Crippen molar-refractivity contribution in [1.29, 1.82) is 0 Å². The third-order valence-electron chi connectivity index (χ3n) is 4.18. The van der Waals surface area contributed by atoms with E-state index in [1.54, 1.807) is 11.3 Å². The van der Waals surface area contributed by atoms with Gasteiger partial charge in [0.15, 0.2) is 5.96 Å². The molecule has 138 valence electrons. The van der Waals surface area contributed by atoms with Crippen LogP contribution in [0.15, 0.2) is 4.99 Å². The number of hydrogen-bond acceptors (Lipinski definition) is 5. The Bertz CT molecular complexity index is 530. The lowest BCUT2D eigenvalue weighted by Crippen LogP contribution is -2.44. The fraction of sp³-hybridized carbons (Fsp3) is 0.750. The molecule has 3 N–H and O–H groups in total. The number of halogens is 1. The van der Waals surface area contributed by atoms with Crippen LogP contribution in [-0.2, 0) is 11.3 Å². The van der Waals surface area contributed by atoms with Gasteiger partial charge in [-0.3, -0.25) is 0 Å². The van der Waals surface area contributed by atoms with Gasteiger partial charge < -0.3 is 20.5 Å². The summed E-state index contributed by atoms with van der Waals surface area (Å²) in [7, 11) is 0. The summed E-state index contributed by atoms with van der Waals surface area (Å²) < 4.78 is 5.54. The zero-order chi connectivity index (χ0) is 16.7. The van der Waals surface area contributed by atoms with Gasteiger partial charge in [-0.25, -0.2) is 9.98 Å². The number of guanidine groups is 1. The lowest BCUT2D eigenvalue weighted by Gasteiger charge is -2.27. The van der Waals surface area contributed by atoms with E-state index >= 15 is 0 Å². The molecule has 1 saturated heterocycles. The van der Waals surface area contributed by atoms with E-state index in [0.29, 0.717) is 13.2 Å². The van der Waals surface area contributed by atoms with Gasteiger partial charge in [0.2, 0.25) is 0 Å². The van der Waals surface area contributed by atoms with Gasteiger partial charge >= 0.3 is 0 Å². The van der Waals surface area contributed by atoms with Crippen LogP contribution in [-0.4, -0.2) is 49.0 Å². The van der Waals surface area contributed by atoms with E-state index in [1.807, 2.05) is 13.8 Å². The number of aromatic nitrogens is 1. The first-order chi connectivity index (χ1) is 11.1. The first kappa shape index (κ1) is 21.6. The normalized spacial score (nSPS) is 20.8. The topological polar surface area (TPSA) is 78.8 Å². The molecule has 1 atom stereocenters. The molecule has 2 rings (SSSR count). The largest absolute Gasteiger partial charge is 0.396 e. The molecule has 6 nitrogen and oxygen atoms in total. The van der Waals surface area contributed by atoms with Crippen molar-refractivity contribution in [3.63, 3.8) is 0 Å². The monoisotopic (exact) mass is 468 g/mol. The Kier molecular flexibility index (Phi) is 9.47. The van der Waals surface area contributed by atoms with Crippen LogP contribution in [0.3, 0.4) is 0 Å². The van der Waals surface area contributed by atoms with Crippen molar-refractivity contribution >= 4 is 41.3 Å². The number of nitrogens with one attached hydrogen (secondary N) is 2. The lowest BCUT2D eigenvalue weighted by atomic mass is 9.84. The zero-order valence-corrected chi connectivity index (χ0v) is 17.9. The Labute approximate surface area is 165 Å². The van der Waals surface area contributed by atoms with Gasteiger partial charge in [-0.05, 0) is 33.6 Å². The summed E-state index contributed by atoms with van der Waals surface area (Å²) in [5.74, 6) is 0.808. The minimum absolute atomic E-state index is 0. The summed E-state index contributed by atoms with van der Waals surface area (Å²) in [6.45, 7) is 9.99. The number of thiazole rings is 1. The number of aliphatic hydroxyl groups is 1. The molecule has 2 heterocycles. The minimum Gasteiger partial charge on any atom is -0.396 e. The van der Waals surface area contributed by atoms with Crippen LogP contribution >= 0.6 is 35.3 Å². The molecule has 1 aliphatic rings. The van der Waals surface area contributed by atoms with Crippen LogP contribution in [0.5, 0.6) is 0 Å². The summed E-state index contributed by atoms with van der Waals surface area (Å²) in [4.78, 5) is 10.3. The highest BCUT2D eigenvalue weighted by Crippen LogP contribution is 2.31. The van der Waals surface area contributed by atoms with Crippen molar-refractivity contribution in [3.8, 4) is 0 Å². The highest BCUT2D eigenvalue weighted by atomic mass is 127. The quantitative estimate of drug-likeness (QED) is 0.325. The standard InChI is InChI=1S/C16H28N4O2S.HI/c1-4-17-15(18-9-14-12(2)20-13(3)23-14)19-10-16(5-7-21)6-8-22-11-16;/h21H,4-11H2,1-3H3,(H2,17,18,19);1H. The molecule has 0 aliphatic carbocycles. The molecule has 0 aromatic carbocycles. The molecule has 0 spiro atoms. The predicted octanol–water partition coefficient (Wildman–Crippen LogP) is 2.22. The molecule has 24 heavy (non-hydrogen) atoms. The summed E-state index contributed by atoms with van der Waals surface area (Å²) in [6, 6.07) is 0. The van der Waals surface area contributed by atoms with Gasteiger partial charge in [0.05, 0.1) is 23.9 Å². The van der Waals surface area contributed by atoms with Crippen molar-refractivity contribution in [2.24, 2.45) is 10.4 Å². The van der Waals surface area contributed by atoms with E-state index in [9.17, 15) is 5.11 Å². The summed E-state index contributed by atoms with van der Waals surface area (Å²) in [5.41, 5.74) is 1.08. The average molecular weight is 468 g/mol. The number of aryl methyl sites for hydroxylation is 2. The molecule has 8 heteroatoms. The Morgan fingerprint density at radius 2 is 2.21 bits per heavy atom. The fourth-order valence-corrected chi connectivity index (χ4v) is 3.66. The van der Waals surface area contributed by atoms with E-state index < -0.39 is 0 Å².